The minimum atomic E-state index is -0.102. The number of nitrogens with one attached hydrogen (secondary N) is 1. The fourth-order valence-corrected chi connectivity index (χ4v) is 3.22. The molecule has 1 heterocycles. The molecule has 0 aliphatic carbocycles. The highest BCUT2D eigenvalue weighted by Crippen LogP contribution is 2.31. The van der Waals surface area contributed by atoms with Crippen LogP contribution in [0.3, 0.4) is 0 Å². The van der Waals surface area contributed by atoms with Gasteiger partial charge in [0.15, 0.2) is 4.32 Å². The quantitative estimate of drug-likeness (QED) is 0.680. The van der Waals surface area contributed by atoms with E-state index in [1.807, 2.05) is 66.7 Å². The number of amides is 1. The molecule has 5 heteroatoms. The maximum Gasteiger partial charge on any atom is 0.284 e. The maximum atomic E-state index is 12.4. The highest BCUT2D eigenvalue weighted by atomic mass is 32.2. The second-order valence-electron chi connectivity index (χ2n) is 4.74. The molecule has 3 rings (SSSR count). The first-order valence-electron chi connectivity index (χ1n) is 6.86. The van der Waals surface area contributed by atoms with E-state index in [2.05, 4.69) is 5.43 Å². The van der Waals surface area contributed by atoms with Crippen molar-refractivity contribution in [2.45, 2.75) is 6.42 Å². The topological polar surface area (TPSA) is 32.3 Å². The lowest BCUT2D eigenvalue weighted by Gasteiger charge is -2.16. The fourth-order valence-electron chi connectivity index (χ4n) is 2.07. The molecular formula is C17H14N2OS2. The van der Waals surface area contributed by atoms with Crippen LogP contribution in [0.2, 0.25) is 0 Å². The van der Waals surface area contributed by atoms with Crippen molar-refractivity contribution in [3.63, 3.8) is 0 Å². The molecule has 0 atom stereocenters. The number of rotatable bonds is 4. The Balaban J connectivity index is 1.71. The van der Waals surface area contributed by atoms with Gasteiger partial charge < -0.3 is 0 Å². The fraction of sp³-hybridized carbons (Fsp3) is 0.0588. The SMILES string of the molecule is O=C1C(=CCc2ccccc2)SC(=S)N1Nc1ccccc1. The first-order valence-corrected chi connectivity index (χ1v) is 8.08. The molecule has 0 unspecified atom stereocenters. The smallest absolute Gasteiger partial charge is 0.284 e. The van der Waals surface area contributed by atoms with Crippen molar-refractivity contribution in [2.75, 3.05) is 5.43 Å². The molecule has 0 aromatic heterocycles. The minimum absolute atomic E-state index is 0.102. The molecule has 1 amide bonds. The number of para-hydroxylation sites is 1. The van der Waals surface area contributed by atoms with Gasteiger partial charge in [0.1, 0.15) is 0 Å². The van der Waals surface area contributed by atoms with Crippen LogP contribution < -0.4 is 5.43 Å². The van der Waals surface area contributed by atoms with Crippen LogP contribution in [0.5, 0.6) is 0 Å². The Morgan fingerprint density at radius 1 is 1.05 bits per heavy atom. The van der Waals surface area contributed by atoms with Gasteiger partial charge >= 0.3 is 0 Å². The third kappa shape index (κ3) is 3.37. The number of nitrogens with zero attached hydrogens (tertiary/aromatic N) is 1. The molecule has 0 spiro atoms. The van der Waals surface area contributed by atoms with Crippen molar-refractivity contribution in [1.82, 2.24) is 5.01 Å². The van der Waals surface area contributed by atoms with Crippen molar-refractivity contribution in [3.8, 4) is 0 Å². The van der Waals surface area contributed by atoms with E-state index in [1.54, 1.807) is 0 Å². The third-order valence-electron chi connectivity index (χ3n) is 3.17. The minimum Gasteiger partial charge on any atom is -0.290 e. The number of allylic oxidation sites excluding steroid dienone is 1. The Bertz CT molecular complexity index is 714. The number of hydrogen-bond acceptors (Lipinski definition) is 4. The molecular weight excluding hydrogens is 312 g/mol. The first kappa shape index (κ1) is 14.8. The van der Waals surface area contributed by atoms with Crippen LogP contribution in [0, 0.1) is 0 Å². The lowest BCUT2D eigenvalue weighted by molar-refractivity contribution is -0.121. The van der Waals surface area contributed by atoms with E-state index in [-0.39, 0.29) is 5.91 Å². The molecule has 2 aromatic rings. The van der Waals surface area contributed by atoms with Crippen molar-refractivity contribution >= 4 is 39.9 Å². The maximum absolute atomic E-state index is 12.4. The Morgan fingerprint density at radius 3 is 2.36 bits per heavy atom. The number of thioether (sulfide) groups is 1. The van der Waals surface area contributed by atoms with Gasteiger partial charge in [0.25, 0.3) is 5.91 Å². The molecule has 3 nitrogen and oxygen atoms in total. The first-order chi connectivity index (χ1) is 10.7. The van der Waals surface area contributed by atoms with Gasteiger partial charge in [-0.05, 0) is 36.3 Å². The molecule has 0 saturated carbocycles. The van der Waals surface area contributed by atoms with Gasteiger partial charge in [-0.25, -0.2) is 5.01 Å². The zero-order chi connectivity index (χ0) is 15.4. The predicted octanol–water partition coefficient (Wildman–Crippen LogP) is 4.00. The van der Waals surface area contributed by atoms with E-state index in [1.165, 1.54) is 22.3 Å². The number of anilines is 1. The number of hydrogen-bond donors (Lipinski definition) is 1. The number of carbonyl (C=O) groups excluding carboxylic acids is 1. The summed E-state index contributed by atoms with van der Waals surface area (Å²) in [6, 6.07) is 19.6. The number of hydrazine groups is 1. The average molecular weight is 326 g/mol. The summed E-state index contributed by atoms with van der Waals surface area (Å²) in [7, 11) is 0. The van der Waals surface area contributed by atoms with Crippen LogP contribution in [0.15, 0.2) is 71.6 Å². The van der Waals surface area contributed by atoms with Crippen molar-refractivity contribution < 1.29 is 4.79 Å². The second-order valence-corrected chi connectivity index (χ2v) is 6.42. The molecule has 22 heavy (non-hydrogen) atoms. The number of carbonyl (C=O) groups is 1. The highest BCUT2D eigenvalue weighted by molar-refractivity contribution is 8.26. The molecule has 1 aliphatic rings. The van der Waals surface area contributed by atoms with Crippen molar-refractivity contribution in [2.24, 2.45) is 0 Å². The molecule has 1 N–H and O–H groups in total. The second kappa shape index (κ2) is 6.77. The molecule has 2 aromatic carbocycles. The summed E-state index contributed by atoms with van der Waals surface area (Å²) < 4.78 is 0.521. The van der Waals surface area contributed by atoms with Crippen LogP contribution in [-0.2, 0) is 11.2 Å². The summed E-state index contributed by atoms with van der Waals surface area (Å²) >= 11 is 6.62. The zero-order valence-corrected chi connectivity index (χ0v) is 13.4. The summed E-state index contributed by atoms with van der Waals surface area (Å²) in [4.78, 5) is 13.1. The lowest BCUT2D eigenvalue weighted by Crippen LogP contribution is -2.33. The van der Waals surface area contributed by atoms with E-state index >= 15 is 0 Å². The standard InChI is InChI=1S/C17H14N2OS2/c20-16-15(12-11-13-7-3-1-4-8-13)22-17(21)19(16)18-14-9-5-2-6-10-14/h1-10,12,18H,11H2. The van der Waals surface area contributed by atoms with Crippen LogP contribution in [0.1, 0.15) is 5.56 Å². The normalized spacial score (nSPS) is 16.4. The molecule has 1 aliphatic heterocycles. The van der Waals surface area contributed by atoms with Crippen LogP contribution in [0.25, 0.3) is 0 Å². The average Bonchev–Trinajstić information content (AvgIpc) is 2.82. The summed E-state index contributed by atoms with van der Waals surface area (Å²) in [5.74, 6) is -0.102. The van der Waals surface area contributed by atoms with Gasteiger partial charge in [-0.15, -0.1) is 0 Å². The van der Waals surface area contributed by atoms with Crippen molar-refractivity contribution in [1.29, 1.82) is 0 Å². The van der Waals surface area contributed by atoms with Crippen LogP contribution in [-0.4, -0.2) is 15.2 Å². The van der Waals surface area contributed by atoms with E-state index in [9.17, 15) is 4.79 Å². The van der Waals surface area contributed by atoms with Gasteiger partial charge in [-0.1, -0.05) is 66.4 Å². The molecule has 1 fully saturated rings. The monoisotopic (exact) mass is 326 g/mol. The van der Waals surface area contributed by atoms with Crippen LogP contribution >= 0.6 is 24.0 Å². The number of benzene rings is 2. The van der Waals surface area contributed by atoms with Gasteiger partial charge in [0, 0.05) is 0 Å². The highest BCUT2D eigenvalue weighted by Gasteiger charge is 2.32. The number of thiocarbonyl (C=S) groups is 1. The summed E-state index contributed by atoms with van der Waals surface area (Å²) in [5.41, 5.74) is 5.06. The summed E-state index contributed by atoms with van der Waals surface area (Å²) in [6.07, 6.45) is 2.65. The van der Waals surface area contributed by atoms with E-state index in [4.69, 9.17) is 12.2 Å². The zero-order valence-electron chi connectivity index (χ0n) is 11.7. The van der Waals surface area contributed by atoms with Gasteiger partial charge in [0.2, 0.25) is 0 Å². The Morgan fingerprint density at radius 2 is 1.68 bits per heavy atom. The third-order valence-corrected chi connectivity index (χ3v) is 4.53. The summed E-state index contributed by atoms with van der Waals surface area (Å²) in [5, 5.41) is 1.42. The predicted molar refractivity (Wildman–Crippen MR) is 95.3 cm³/mol. The van der Waals surface area contributed by atoms with Crippen molar-refractivity contribution in [3.05, 3.63) is 77.2 Å². The summed E-state index contributed by atoms with van der Waals surface area (Å²) in [6.45, 7) is 0. The molecule has 1 saturated heterocycles. The van der Waals surface area contributed by atoms with Gasteiger partial charge in [0.05, 0.1) is 10.6 Å². The Labute approximate surface area is 139 Å². The van der Waals surface area contributed by atoms with E-state index < -0.39 is 0 Å². The molecule has 110 valence electrons. The molecule has 0 radical (unpaired) electrons. The Hall–Kier alpha value is -2.11. The lowest BCUT2D eigenvalue weighted by atomic mass is 10.1. The van der Waals surface area contributed by atoms with Crippen LogP contribution in [0.4, 0.5) is 5.69 Å². The molecule has 0 bridgehead atoms. The van der Waals surface area contributed by atoms with Gasteiger partial charge in [-0.3, -0.25) is 10.2 Å². The largest absolute Gasteiger partial charge is 0.290 e. The van der Waals surface area contributed by atoms with E-state index in [0.29, 0.717) is 9.23 Å². The Kier molecular flexibility index (Phi) is 4.56. The van der Waals surface area contributed by atoms with E-state index in [0.717, 1.165) is 12.1 Å². The van der Waals surface area contributed by atoms with Gasteiger partial charge in [-0.2, -0.15) is 0 Å².